The Kier molecular flexibility index (Phi) is 3.14. The summed E-state index contributed by atoms with van der Waals surface area (Å²) in [4.78, 5) is 14.4. The highest BCUT2D eigenvalue weighted by Crippen LogP contribution is 2.74. The van der Waals surface area contributed by atoms with Crippen molar-refractivity contribution >= 4 is 5.78 Å². The fourth-order valence-corrected chi connectivity index (χ4v) is 9.80. The van der Waals surface area contributed by atoms with Gasteiger partial charge in [0, 0.05) is 0 Å². The van der Waals surface area contributed by atoms with E-state index in [1.165, 1.54) is 51.4 Å². The minimum Gasteiger partial charge on any atom is -0.365 e. The Bertz CT molecular complexity index is 655. The molecule has 2 nitrogen and oxygen atoms in total. The largest absolute Gasteiger partial charge is 0.365 e. The molecule has 27 heavy (non-hydrogen) atoms. The van der Waals surface area contributed by atoms with E-state index in [4.69, 9.17) is 4.74 Å². The second-order valence-electron chi connectivity index (χ2n) is 12.1. The van der Waals surface area contributed by atoms with E-state index >= 15 is 0 Å². The van der Waals surface area contributed by atoms with Crippen LogP contribution in [0.25, 0.3) is 0 Å². The first-order valence-corrected chi connectivity index (χ1v) is 11.6. The van der Waals surface area contributed by atoms with Gasteiger partial charge in [-0.15, -0.1) is 0 Å². The molecular weight excluding hydrogens is 332 g/mol. The zero-order valence-corrected chi connectivity index (χ0v) is 17.6. The number of carbonyl (C=O) groups is 1. The molecule has 0 unspecified atom stereocenters. The standard InChI is InChI=1S/C25H36O2/c1-22(2)15-7-11-24(22,12-8-15)19-17-5-6-18(27-17)20(21(19)26)25-13-9-16(10-14-25)23(25,3)4/h5-6,15-20H,7-14H2,1-4H3/t15?,16?,17-,18+,19-,20+,24?,25?. The summed E-state index contributed by atoms with van der Waals surface area (Å²) in [5, 5.41) is 0. The van der Waals surface area contributed by atoms with Gasteiger partial charge in [-0.3, -0.25) is 4.79 Å². The number of hydrogen-bond donors (Lipinski definition) is 0. The van der Waals surface area contributed by atoms with Crippen LogP contribution in [0, 0.1) is 45.3 Å². The molecule has 6 bridgehead atoms. The van der Waals surface area contributed by atoms with Gasteiger partial charge < -0.3 is 4.74 Å². The maximum absolute atomic E-state index is 14.4. The van der Waals surface area contributed by atoms with Crippen molar-refractivity contribution in [3.8, 4) is 0 Å². The first-order valence-electron chi connectivity index (χ1n) is 11.6. The van der Waals surface area contributed by atoms with E-state index in [1.54, 1.807) is 0 Å². The van der Waals surface area contributed by atoms with Crippen molar-refractivity contribution < 1.29 is 9.53 Å². The molecule has 2 aliphatic heterocycles. The molecule has 0 aromatic rings. The van der Waals surface area contributed by atoms with Crippen LogP contribution in [0.15, 0.2) is 12.2 Å². The second-order valence-corrected chi connectivity index (χ2v) is 12.1. The van der Waals surface area contributed by atoms with E-state index in [-0.39, 0.29) is 45.7 Å². The van der Waals surface area contributed by atoms with Crippen molar-refractivity contribution in [2.45, 2.75) is 91.3 Å². The van der Waals surface area contributed by atoms with E-state index in [1.807, 2.05) is 0 Å². The molecule has 0 spiro atoms. The average Bonchev–Trinajstić information content (AvgIpc) is 3.35. The Morgan fingerprint density at radius 2 is 1.11 bits per heavy atom. The lowest BCUT2D eigenvalue weighted by molar-refractivity contribution is -0.176. The van der Waals surface area contributed by atoms with E-state index in [0.717, 1.165) is 11.8 Å². The van der Waals surface area contributed by atoms with Crippen LogP contribution in [0.2, 0.25) is 0 Å². The fourth-order valence-electron chi connectivity index (χ4n) is 9.80. The SMILES string of the molecule is CC1(C)C2CCC1([C@@H]1C(=O)[C@H](C34CCC(CC3)C4(C)C)[C@H]3C=C[C@@H]1O3)CC2. The molecule has 0 N–H and O–H groups in total. The zero-order chi connectivity index (χ0) is 18.8. The molecular formula is C25H36O2. The van der Waals surface area contributed by atoms with Crippen molar-refractivity contribution in [2.75, 3.05) is 0 Å². The summed E-state index contributed by atoms with van der Waals surface area (Å²) in [7, 11) is 0. The van der Waals surface area contributed by atoms with Crippen molar-refractivity contribution in [3.63, 3.8) is 0 Å². The highest BCUT2D eigenvalue weighted by atomic mass is 16.5. The topological polar surface area (TPSA) is 26.3 Å². The van der Waals surface area contributed by atoms with Gasteiger partial charge in [0.1, 0.15) is 5.78 Å². The molecule has 0 radical (unpaired) electrons. The molecule has 4 aliphatic carbocycles. The van der Waals surface area contributed by atoms with Gasteiger partial charge in [-0.25, -0.2) is 0 Å². The van der Waals surface area contributed by atoms with Gasteiger partial charge in [-0.05, 0) is 84.9 Å². The highest BCUT2D eigenvalue weighted by Gasteiger charge is 2.71. The van der Waals surface area contributed by atoms with Gasteiger partial charge in [0.25, 0.3) is 0 Å². The molecule has 0 aromatic heterocycles. The Morgan fingerprint density at radius 1 is 0.741 bits per heavy atom. The molecule has 1 saturated heterocycles. The second kappa shape index (κ2) is 4.91. The van der Waals surface area contributed by atoms with Gasteiger partial charge in [0.05, 0.1) is 24.0 Å². The van der Waals surface area contributed by atoms with E-state index in [0.29, 0.717) is 5.78 Å². The number of ketones is 1. The molecule has 148 valence electrons. The number of carbonyl (C=O) groups excluding carboxylic acids is 1. The summed E-state index contributed by atoms with van der Waals surface area (Å²) >= 11 is 0. The molecule has 2 heterocycles. The normalized spacial score (nSPS) is 56.4. The average molecular weight is 369 g/mol. The van der Waals surface area contributed by atoms with Crippen LogP contribution >= 0.6 is 0 Å². The van der Waals surface area contributed by atoms with Crippen molar-refractivity contribution in [3.05, 3.63) is 12.2 Å². The van der Waals surface area contributed by atoms with Crippen LogP contribution in [0.4, 0.5) is 0 Å². The smallest absolute Gasteiger partial charge is 0.146 e. The minimum atomic E-state index is 0.0491. The van der Waals surface area contributed by atoms with Crippen LogP contribution < -0.4 is 0 Å². The van der Waals surface area contributed by atoms with Crippen LogP contribution in [0.5, 0.6) is 0 Å². The summed E-state index contributed by atoms with van der Waals surface area (Å²) in [5.41, 5.74) is 0.917. The van der Waals surface area contributed by atoms with Crippen molar-refractivity contribution in [1.29, 1.82) is 0 Å². The molecule has 4 atom stereocenters. The summed E-state index contributed by atoms with van der Waals surface area (Å²) in [5.74, 6) is 2.43. The molecule has 0 amide bonds. The van der Waals surface area contributed by atoms with Crippen LogP contribution in [0.1, 0.15) is 79.1 Å². The minimum absolute atomic E-state index is 0.0491. The van der Waals surface area contributed by atoms with Crippen molar-refractivity contribution in [2.24, 2.45) is 45.3 Å². The summed E-state index contributed by atoms with van der Waals surface area (Å²) < 4.78 is 6.66. The lowest BCUT2D eigenvalue weighted by Gasteiger charge is -2.54. The van der Waals surface area contributed by atoms with Gasteiger partial charge in [-0.1, -0.05) is 39.8 Å². The molecule has 0 aromatic carbocycles. The zero-order valence-electron chi connectivity index (χ0n) is 17.6. The monoisotopic (exact) mass is 368 g/mol. The number of ether oxygens (including phenoxy) is 1. The Morgan fingerprint density at radius 3 is 1.41 bits per heavy atom. The molecule has 6 rings (SSSR count). The Balaban J connectivity index is 1.46. The fraction of sp³-hybridized carbons (Fsp3) is 0.880. The van der Waals surface area contributed by atoms with E-state index in [9.17, 15) is 4.79 Å². The lowest BCUT2D eigenvalue weighted by Crippen LogP contribution is -2.58. The van der Waals surface area contributed by atoms with Gasteiger partial charge in [0.2, 0.25) is 0 Å². The highest BCUT2D eigenvalue weighted by molar-refractivity contribution is 5.88. The molecule has 4 saturated carbocycles. The number of hydrogen-bond acceptors (Lipinski definition) is 2. The third kappa shape index (κ3) is 1.70. The third-order valence-electron chi connectivity index (χ3n) is 11.6. The van der Waals surface area contributed by atoms with Crippen LogP contribution in [-0.2, 0) is 9.53 Å². The number of fused-ring (bicyclic) bond motifs is 6. The lowest BCUT2D eigenvalue weighted by atomic mass is 9.52. The Hall–Kier alpha value is -0.630. The first-order chi connectivity index (χ1) is 12.7. The molecule has 2 heteroatoms. The van der Waals surface area contributed by atoms with E-state index < -0.39 is 0 Å². The quantitative estimate of drug-likeness (QED) is 0.597. The predicted molar refractivity (Wildman–Crippen MR) is 106 cm³/mol. The summed E-state index contributed by atoms with van der Waals surface area (Å²) in [6.45, 7) is 9.87. The maximum atomic E-state index is 14.4. The predicted octanol–water partition coefficient (Wildman–Crippen LogP) is 5.56. The number of rotatable bonds is 2. The number of Topliss-reactive ketones (excluding diaryl/α,β-unsaturated/α-hetero) is 1. The maximum Gasteiger partial charge on any atom is 0.146 e. The van der Waals surface area contributed by atoms with Crippen LogP contribution in [-0.4, -0.2) is 18.0 Å². The van der Waals surface area contributed by atoms with Gasteiger partial charge in [0.15, 0.2) is 0 Å². The Labute approximate surface area is 164 Å². The summed E-state index contributed by atoms with van der Waals surface area (Å²) in [6.07, 6.45) is 14.9. The van der Waals surface area contributed by atoms with Crippen LogP contribution in [0.3, 0.4) is 0 Å². The molecule has 6 aliphatic rings. The first kappa shape index (κ1) is 17.2. The van der Waals surface area contributed by atoms with Gasteiger partial charge in [-0.2, -0.15) is 0 Å². The third-order valence-corrected chi connectivity index (χ3v) is 11.6. The van der Waals surface area contributed by atoms with E-state index in [2.05, 4.69) is 39.8 Å². The van der Waals surface area contributed by atoms with Gasteiger partial charge >= 0.3 is 0 Å². The summed E-state index contributed by atoms with van der Waals surface area (Å²) in [6, 6.07) is 0. The van der Waals surface area contributed by atoms with Crippen molar-refractivity contribution in [1.82, 2.24) is 0 Å². The molecule has 5 fully saturated rings.